The molecule has 0 aromatic heterocycles. The number of nitrogens with one attached hydrogen (secondary N) is 2. The number of nitrogens with zero attached hydrogens (tertiary/aromatic N) is 2. The Kier molecular flexibility index (Phi) is 8.49. The summed E-state index contributed by atoms with van der Waals surface area (Å²) in [5, 5.41) is 6.56. The van der Waals surface area contributed by atoms with Crippen LogP contribution in [0.15, 0.2) is 27.7 Å². The van der Waals surface area contributed by atoms with Crippen molar-refractivity contribution < 1.29 is 9.13 Å². The van der Waals surface area contributed by atoms with Gasteiger partial charge in [0, 0.05) is 30.7 Å². The summed E-state index contributed by atoms with van der Waals surface area (Å²) in [6.45, 7) is 8.86. The van der Waals surface area contributed by atoms with Gasteiger partial charge in [-0.1, -0.05) is 15.9 Å². The van der Waals surface area contributed by atoms with Crippen LogP contribution in [0.3, 0.4) is 0 Å². The van der Waals surface area contributed by atoms with Crippen molar-refractivity contribution in [1.29, 1.82) is 0 Å². The Labute approximate surface area is 151 Å². The van der Waals surface area contributed by atoms with Crippen molar-refractivity contribution in [1.82, 2.24) is 15.5 Å². The van der Waals surface area contributed by atoms with Crippen molar-refractivity contribution >= 4 is 21.9 Å². The van der Waals surface area contributed by atoms with Crippen LogP contribution in [0.25, 0.3) is 0 Å². The van der Waals surface area contributed by atoms with Gasteiger partial charge in [-0.2, -0.15) is 0 Å². The highest BCUT2D eigenvalue weighted by atomic mass is 79.9. The van der Waals surface area contributed by atoms with E-state index in [1.165, 1.54) is 12.1 Å². The van der Waals surface area contributed by atoms with Crippen LogP contribution >= 0.6 is 15.9 Å². The Morgan fingerprint density at radius 1 is 1.33 bits per heavy atom. The molecule has 1 aromatic carbocycles. The summed E-state index contributed by atoms with van der Waals surface area (Å²) in [6.07, 6.45) is 1.05. The number of rotatable bonds is 7. The van der Waals surface area contributed by atoms with Crippen LogP contribution in [0.1, 0.15) is 18.9 Å². The Hall–Kier alpha value is -1.18. The first kappa shape index (κ1) is 19.1. The molecule has 134 valence electrons. The van der Waals surface area contributed by atoms with E-state index in [2.05, 4.69) is 36.5 Å². The van der Waals surface area contributed by atoms with Crippen molar-refractivity contribution in [2.24, 2.45) is 4.99 Å². The lowest BCUT2D eigenvalue weighted by Crippen LogP contribution is -2.40. The molecule has 0 unspecified atom stereocenters. The second-order valence-corrected chi connectivity index (χ2v) is 6.52. The number of morpholine rings is 1. The maximum absolute atomic E-state index is 13.3. The van der Waals surface area contributed by atoms with E-state index in [0.29, 0.717) is 6.54 Å². The van der Waals surface area contributed by atoms with Crippen LogP contribution in [0.4, 0.5) is 4.39 Å². The van der Waals surface area contributed by atoms with Crippen LogP contribution in [-0.4, -0.2) is 56.8 Å². The number of halogens is 2. The smallest absolute Gasteiger partial charge is 0.191 e. The molecule has 0 radical (unpaired) electrons. The zero-order chi connectivity index (χ0) is 17.2. The van der Waals surface area contributed by atoms with E-state index in [1.54, 1.807) is 6.07 Å². The Bertz CT molecular complexity index is 535. The molecular formula is C17H26BrFN4O. The second-order valence-electron chi connectivity index (χ2n) is 5.67. The molecule has 0 bridgehead atoms. The van der Waals surface area contributed by atoms with Crippen molar-refractivity contribution in [3.05, 3.63) is 34.1 Å². The lowest BCUT2D eigenvalue weighted by molar-refractivity contribution is 0.0376. The molecule has 5 nitrogen and oxygen atoms in total. The number of hydrogen-bond acceptors (Lipinski definition) is 3. The number of benzene rings is 1. The maximum atomic E-state index is 13.3. The van der Waals surface area contributed by atoms with Crippen molar-refractivity contribution in [2.45, 2.75) is 19.9 Å². The van der Waals surface area contributed by atoms with E-state index in [1.807, 2.05) is 6.92 Å². The topological polar surface area (TPSA) is 48.9 Å². The number of guanidine groups is 1. The average Bonchev–Trinajstić information content (AvgIpc) is 2.60. The van der Waals surface area contributed by atoms with Crippen LogP contribution in [0, 0.1) is 5.82 Å². The quantitative estimate of drug-likeness (QED) is 0.419. The number of aliphatic imine (C=N–C) groups is 1. The average molecular weight is 401 g/mol. The first-order valence-electron chi connectivity index (χ1n) is 8.45. The summed E-state index contributed by atoms with van der Waals surface area (Å²) in [5.74, 6) is 0.516. The second kappa shape index (κ2) is 10.6. The van der Waals surface area contributed by atoms with Crippen molar-refractivity contribution in [3.8, 4) is 0 Å². The molecule has 7 heteroatoms. The van der Waals surface area contributed by atoms with Crippen molar-refractivity contribution in [3.63, 3.8) is 0 Å². The fourth-order valence-electron chi connectivity index (χ4n) is 2.50. The summed E-state index contributed by atoms with van der Waals surface area (Å²) in [7, 11) is 0. The molecule has 1 fully saturated rings. The highest BCUT2D eigenvalue weighted by molar-refractivity contribution is 9.10. The van der Waals surface area contributed by atoms with Crippen LogP contribution < -0.4 is 10.6 Å². The Morgan fingerprint density at radius 2 is 2.12 bits per heavy atom. The molecule has 1 saturated heterocycles. The zero-order valence-electron chi connectivity index (χ0n) is 14.2. The maximum Gasteiger partial charge on any atom is 0.191 e. The van der Waals surface area contributed by atoms with Crippen LogP contribution in [0.5, 0.6) is 0 Å². The molecule has 0 atom stereocenters. The summed E-state index contributed by atoms with van der Waals surface area (Å²) in [6, 6.07) is 4.66. The van der Waals surface area contributed by atoms with Gasteiger partial charge < -0.3 is 15.4 Å². The minimum atomic E-state index is -0.244. The monoisotopic (exact) mass is 400 g/mol. The molecule has 1 aliphatic heterocycles. The van der Waals surface area contributed by atoms with Gasteiger partial charge >= 0.3 is 0 Å². The number of hydrogen-bond donors (Lipinski definition) is 2. The van der Waals surface area contributed by atoms with E-state index >= 15 is 0 Å². The standard InChI is InChI=1S/C17H26BrFN4O/c1-2-20-17(21-6-3-7-23-8-10-24-11-9-23)22-13-14-12-15(19)4-5-16(14)18/h4-5,12H,2-3,6-11,13H2,1H3,(H2,20,21,22). The van der Waals surface area contributed by atoms with Gasteiger partial charge in [-0.15, -0.1) is 0 Å². The fraction of sp³-hybridized carbons (Fsp3) is 0.588. The molecule has 2 N–H and O–H groups in total. The first-order chi connectivity index (χ1) is 11.7. The van der Waals surface area contributed by atoms with Crippen molar-refractivity contribution in [2.75, 3.05) is 45.9 Å². The third kappa shape index (κ3) is 6.75. The highest BCUT2D eigenvalue weighted by Crippen LogP contribution is 2.18. The molecule has 0 amide bonds. The van der Waals surface area contributed by atoms with E-state index in [4.69, 9.17) is 4.74 Å². The fourth-order valence-corrected chi connectivity index (χ4v) is 2.88. The van der Waals surface area contributed by atoms with E-state index in [9.17, 15) is 4.39 Å². The van der Waals surface area contributed by atoms with Gasteiger partial charge in [0.05, 0.1) is 19.8 Å². The van der Waals surface area contributed by atoms with Crippen LogP contribution in [-0.2, 0) is 11.3 Å². The Morgan fingerprint density at radius 3 is 2.88 bits per heavy atom. The predicted octanol–water partition coefficient (Wildman–Crippen LogP) is 2.37. The molecular weight excluding hydrogens is 375 g/mol. The van der Waals surface area contributed by atoms with E-state index < -0.39 is 0 Å². The Balaban J connectivity index is 1.78. The van der Waals surface area contributed by atoms with E-state index in [0.717, 1.165) is 68.4 Å². The third-order valence-electron chi connectivity index (χ3n) is 3.81. The van der Waals surface area contributed by atoms with Gasteiger partial charge in [0.1, 0.15) is 5.82 Å². The highest BCUT2D eigenvalue weighted by Gasteiger charge is 2.09. The van der Waals surface area contributed by atoms with Gasteiger partial charge in [0.15, 0.2) is 5.96 Å². The molecule has 2 rings (SSSR count). The first-order valence-corrected chi connectivity index (χ1v) is 9.24. The van der Waals surface area contributed by atoms with Gasteiger partial charge in [-0.05, 0) is 43.7 Å². The predicted molar refractivity (Wildman–Crippen MR) is 98.8 cm³/mol. The molecule has 0 aliphatic carbocycles. The lowest BCUT2D eigenvalue weighted by Gasteiger charge is -2.26. The summed E-state index contributed by atoms with van der Waals surface area (Å²) < 4.78 is 19.6. The molecule has 1 aliphatic rings. The van der Waals surface area contributed by atoms with Crippen LogP contribution in [0.2, 0.25) is 0 Å². The summed E-state index contributed by atoms with van der Waals surface area (Å²) >= 11 is 3.43. The molecule has 1 heterocycles. The lowest BCUT2D eigenvalue weighted by atomic mass is 10.2. The number of ether oxygens (including phenoxy) is 1. The molecule has 24 heavy (non-hydrogen) atoms. The molecule has 0 spiro atoms. The molecule has 1 aromatic rings. The third-order valence-corrected chi connectivity index (χ3v) is 4.58. The minimum Gasteiger partial charge on any atom is -0.379 e. The largest absolute Gasteiger partial charge is 0.379 e. The minimum absolute atomic E-state index is 0.244. The zero-order valence-corrected chi connectivity index (χ0v) is 15.7. The van der Waals surface area contributed by atoms with Gasteiger partial charge in [0.25, 0.3) is 0 Å². The normalized spacial score (nSPS) is 16.2. The molecule has 0 saturated carbocycles. The van der Waals surface area contributed by atoms with Gasteiger partial charge in [-0.3, -0.25) is 4.90 Å². The van der Waals surface area contributed by atoms with Gasteiger partial charge in [-0.25, -0.2) is 9.38 Å². The summed E-state index contributed by atoms with van der Waals surface area (Å²) in [5.41, 5.74) is 0.834. The van der Waals surface area contributed by atoms with E-state index in [-0.39, 0.29) is 5.82 Å². The SMILES string of the molecule is CCNC(=NCc1cc(F)ccc1Br)NCCCN1CCOCC1. The van der Waals surface area contributed by atoms with Gasteiger partial charge in [0.2, 0.25) is 0 Å². The summed E-state index contributed by atoms with van der Waals surface area (Å²) in [4.78, 5) is 6.95.